The molecule has 0 atom stereocenters. The van der Waals surface area contributed by atoms with Gasteiger partial charge in [0.05, 0.1) is 0 Å². The standard InChI is InChI=1S/C25H41NSi/c1-8-9-15-25(20-24-13-11-10-12-14-24)16-18-26(19-17-25)27(21(2)3,22(4)5)23(6)7/h10-14,16-19,21-23H,8-9,15,20H2,1-7H3. The Hall–Kier alpha value is -1.28. The first-order valence-electron chi connectivity index (χ1n) is 11.0. The summed E-state index contributed by atoms with van der Waals surface area (Å²) in [6.07, 6.45) is 14.9. The summed E-state index contributed by atoms with van der Waals surface area (Å²) in [5, 5.41) is 0. The van der Waals surface area contributed by atoms with Crippen molar-refractivity contribution >= 4 is 8.24 Å². The summed E-state index contributed by atoms with van der Waals surface area (Å²) in [6, 6.07) is 11.0. The molecule has 0 radical (unpaired) electrons. The van der Waals surface area contributed by atoms with Crippen molar-refractivity contribution in [1.82, 2.24) is 4.57 Å². The van der Waals surface area contributed by atoms with Crippen LogP contribution in [0, 0.1) is 5.41 Å². The maximum Gasteiger partial charge on any atom is 0.168 e. The van der Waals surface area contributed by atoms with Crippen molar-refractivity contribution in [3.05, 3.63) is 60.4 Å². The number of nitrogens with zero attached hydrogens (tertiary/aromatic N) is 1. The topological polar surface area (TPSA) is 3.24 Å². The van der Waals surface area contributed by atoms with Gasteiger partial charge in [0.15, 0.2) is 8.24 Å². The second-order valence-electron chi connectivity index (χ2n) is 9.39. The van der Waals surface area contributed by atoms with Gasteiger partial charge in [0.2, 0.25) is 0 Å². The summed E-state index contributed by atoms with van der Waals surface area (Å²) in [7, 11) is -1.65. The molecular formula is C25H41NSi. The molecule has 2 heteroatoms. The average Bonchev–Trinajstić information content (AvgIpc) is 2.62. The maximum atomic E-state index is 2.67. The van der Waals surface area contributed by atoms with Crippen molar-refractivity contribution in [2.45, 2.75) is 90.8 Å². The maximum absolute atomic E-state index is 2.67. The number of allylic oxidation sites excluding steroid dienone is 2. The van der Waals surface area contributed by atoms with Crippen molar-refractivity contribution in [3.63, 3.8) is 0 Å². The Morgan fingerprint density at radius 3 is 1.81 bits per heavy atom. The average molecular weight is 384 g/mol. The van der Waals surface area contributed by atoms with E-state index in [4.69, 9.17) is 0 Å². The first-order chi connectivity index (χ1) is 12.8. The second-order valence-corrected chi connectivity index (χ2v) is 15.1. The highest BCUT2D eigenvalue weighted by Crippen LogP contribution is 2.46. The van der Waals surface area contributed by atoms with E-state index in [1.165, 1.54) is 24.8 Å². The normalized spacial score (nSPS) is 16.7. The quantitative estimate of drug-likeness (QED) is 0.391. The molecule has 0 unspecified atom stereocenters. The van der Waals surface area contributed by atoms with Gasteiger partial charge in [-0.25, -0.2) is 0 Å². The highest BCUT2D eigenvalue weighted by Gasteiger charge is 2.47. The molecule has 1 aliphatic rings. The van der Waals surface area contributed by atoms with Crippen LogP contribution in [0.4, 0.5) is 0 Å². The molecule has 0 aromatic heterocycles. The Balaban J connectivity index is 2.35. The summed E-state index contributed by atoms with van der Waals surface area (Å²) in [6.45, 7) is 16.9. The molecule has 1 heterocycles. The molecule has 0 fully saturated rings. The van der Waals surface area contributed by atoms with E-state index in [0.29, 0.717) is 0 Å². The fraction of sp³-hybridized carbons (Fsp3) is 0.600. The summed E-state index contributed by atoms with van der Waals surface area (Å²) in [5.74, 6) is 0. The minimum atomic E-state index is -1.65. The van der Waals surface area contributed by atoms with Crippen LogP contribution in [0.3, 0.4) is 0 Å². The summed E-state index contributed by atoms with van der Waals surface area (Å²) in [4.78, 5) is 0. The zero-order valence-electron chi connectivity index (χ0n) is 18.7. The van der Waals surface area contributed by atoms with Crippen LogP contribution >= 0.6 is 0 Å². The lowest BCUT2D eigenvalue weighted by molar-refractivity contribution is 0.407. The number of hydrogen-bond acceptors (Lipinski definition) is 1. The fourth-order valence-electron chi connectivity index (χ4n) is 5.57. The van der Waals surface area contributed by atoms with Crippen LogP contribution in [0.1, 0.15) is 73.3 Å². The monoisotopic (exact) mass is 383 g/mol. The first-order valence-corrected chi connectivity index (χ1v) is 13.2. The number of rotatable bonds is 9. The van der Waals surface area contributed by atoms with Crippen molar-refractivity contribution < 1.29 is 0 Å². The third kappa shape index (κ3) is 4.59. The third-order valence-corrected chi connectivity index (χ3v) is 13.5. The van der Waals surface area contributed by atoms with Crippen LogP contribution in [-0.4, -0.2) is 12.8 Å². The van der Waals surface area contributed by atoms with E-state index in [0.717, 1.165) is 23.0 Å². The van der Waals surface area contributed by atoms with Crippen LogP contribution in [0.5, 0.6) is 0 Å². The van der Waals surface area contributed by atoms with Gasteiger partial charge < -0.3 is 4.57 Å². The van der Waals surface area contributed by atoms with Gasteiger partial charge in [-0.2, -0.15) is 0 Å². The predicted molar refractivity (Wildman–Crippen MR) is 123 cm³/mol. The molecule has 0 saturated heterocycles. The summed E-state index contributed by atoms with van der Waals surface area (Å²) in [5.41, 5.74) is 3.78. The Morgan fingerprint density at radius 2 is 1.37 bits per heavy atom. The van der Waals surface area contributed by atoms with E-state index < -0.39 is 8.24 Å². The minimum absolute atomic E-state index is 0.166. The molecule has 0 bridgehead atoms. The number of unbranched alkanes of at least 4 members (excludes halogenated alkanes) is 1. The molecule has 2 rings (SSSR count). The van der Waals surface area contributed by atoms with E-state index in [1.54, 1.807) is 0 Å². The van der Waals surface area contributed by atoms with Crippen molar-refractivity contribution in [2.24, 2.45) is 5.41 Å². The number of benzene rings is 1. The van der Waals surface area contributed by atoms with Crippen molar-refractivity contribution in [2.75, 3.05) is 0 Å². The molecular weight excluding hydrogens is 342 g/mol. The van der Waals surface area contributed by atoms with E-state index >= 15 is 0 Å². The molecule has 1 aromatic rings. The van der Waals surface area contributed by atoms with E-state index in [9.17, 15) is 0 Å². The molecule has 0 aliphatic carbocycles. The molecule has 0 amide bonds. The summed E-state index contributed by atoms with van der Waals surface area (Å²) >= 11 is 0. The molecule has 27 heavy (non-hydrogen) atoms. The molecule has 0 spiro atoms. The molecule has 0 N–H and O–H groups in total. The molecule has 0 saturated carbocycles. The van der Waals surface area contributed by atoms with Gasteiger partial charge in [-0.3, -0.25) is 0 Å². The molecule has 150 valence electrons. The second kappa shape index (κ2) is 9.27. The third-order valence-electron chi connectivity index (χ3n) is 6.73. The number of hydrogen-bond donors (Lipinski definition) is 0. The molecule has 1 aromatic carbocycles. The lowest BCUT2D eigenvalue weighted by atomic mass is 9.76. The van der Waals surface area contributed by atoms with Crippen molar-refractivity contribution in [3.8, 4) is 0 Å². The van der Waals surface area contributed by atoms with Gasteiger partial charge >= 0.3 is 0 Å². The first kappa shape index (κ1) is 22.0. The molecule has 1 nitrogen and oxygen atoms in total. The van der Waals surface area contributed by atoms with Crippen LogP contribution in [-0.2, 0) is 6.42 Å². The van der Waals surface area contributed by atoms with Crippen molar-refractivity contribution in [1.29, 1.82) is 0 Å². The van der Waals surface area contributed by atoms with Gasteiger partial charge in [-0.05, 0) is 47.4 Å². The lowest BCUT2D eigenvalue weighted by Crippen LogP contribution is -2.56. The summed E-state index contributed by atoms with van der Waals surface area (Å²) < 4.78 is 2.67. The van der Waals surface area contributed by atoms with Crippen LogP contribution in [0.15, 0.2) is 54.9 Å². The zero-order chi connectivity index (χ0) is 20.1. The zero-order valence-corrected chi connectivity index (χ0v) is 19.7. The Kier molecular flexibility index (Phi) is 7.56. The van der Waals surface area contributed by atoms with Crippen LogP contribution in [0.2, 0.25) is 16.6 Å². The lowest BCUT2D eigenvalue weighted by Gasteiger charge is -2.51. The van der Waals surface area contributed by atoms with Crippen LogP contribution in [0.25, 0.3) is 0 Å². The molecule has 1 aliphatic heterocycles. The largest absolute Gasteiger partial charge is 0.380 e. The van der Waals surface area contributed by atoms with E-state index in [2.05, 4.69) is 108 Å². The smallest absolute Gasteiger partial charge is 0.168 e. The predicted octanol–water partition coefficient (Wildman–Crippen LogP) is 7.92. The van der Waals surface area contributed by atoms with E-state index in [-0.39, 0.29) is 5.41 Å². The highest BCUT2D eigenvalue weighted by atomic mass is 28.3. The fourth-order valence-corrected chi connectivity index (χ4v) is 12.0. The minimum Gasteiger partial charge on any atom is -0.380 e. The Labute approximate surface area is 169 Å². The van der Waals surface area contributed by atoms with Gasteiger partial charge in [0.1, 0.15) is 0 Å². The van der Waals surface area contributed by atoms with Gasteiger partial charge in [-0.1, -0.05) is 104 Å². The Morgan fingerprint density at radius 1 is 0.852 bits per heavy atom. The Bertz CT molecular complexity index is 591. The van der Waals surface area contributed by atoms with Gasteiger partial charge in [-0.15, -0.1) is 0 Å². The van der Waals surface area contributed by atoms with E-state index in [1.807, 2.05) is 0 Å². The SMILES string of the molecule is CCCCC1(Cc2ccccc2)C=CN([Si](C(C)C)(C(C)C)C(C)C)C=C1. The van der Waals surface area contributed by atoms with Crippen LogP contribution < -0.4 is 0 Å². The highest BCUT2D eigenvalue weighted by molar-refractivity contribution is 6.81. The van der Waals surface area contributed by atoms with Gasteiger partial charge in [0, 0.05) is 5.41 Å². The van der Waals surface area contributed by atoms with Gasteiger partial charge in [0.25, 0.3) is 0 Å².